The number of aryl methyl sites for hydroxylation is 1. The second kappa shape index (κ2) is 11.6. The maximum atomic E-state index is 13.4. The Morgan fingerprint density at radius 2 is 1.82 bits per heavy atom. The molecule has 208 valence electrons. The molecule has 3 saturated heterocycles. The molecule has 3 fully saturated rings. The lowest BCUT2D eigenvalue weighted by Crippen LogP contribution is -2.62. The van der Waals surface area contributed by atoms with Crippen LogP contribution >= 0.6 is 0 Å². The van der Waals surface area contributed by atoms with Gasteiger partial charge in [0.15, 0.2) is 0 Å². The third-order valence-corrected chi connectivity index (χ3v) is 8.41. The van der Waals surface area contributed by atoms with Crippen molar-refractivity contribution in [3.05, 3.63) is 30.0 Å². The van der Waals surface area contributed by atoms with Crippen LogP contribution in [-0.4, -0.2) is 133 Å². The fourth-order valence-corrected chi connectivity index (χ4v) is 5.95. The average molecular weight is 527 g/mol. The fourth-order valence-electron chi connectivity index (χ4n) is 5.95. The molecule has 2 amide bonds. The van der Waals surface area contributed by atoms with Gasteiger partial charge in [-0.2, -0.15) is 0 Å². The summed E-state index contributed by atoms with van der Waals surface area (Å²) in [5, 5.41) is 4.61. The van der Waals surface area contributed by atoms with E-state index in [0.29, 0.717) is 56.5 Å². The Kier molecular flexibility index (Phi) is 8.23. The molecule has 1 N–H and O–H groups in total. The Balaban J connectivity index is 1.18. The van der Waals surface area contributed by atoms with Crippen molar-refractivity contribution >= 4 is 22.7 Å². The van der Waals surface area contributed by atoms with E-state index < -0.39 is 0 Å². The molecular weight excluding hydrogens is 484 g/mol. The summed E-state index contributed by atoms with van der Waals surface area (Å²) in [6, 6.07) is 8.83. The summed E-state index contributed by atoms with van der Waals surface area (Å²) < 4.78 is 12.9. The number of rotatable bonds is 6. The van der Waals surface area contributed by atoms with Crippen LogP contribution in [0.5, 0.6) is 5.75 Å². The minimum atomic E-state index is 0.00499. The molecule has 1 aromatic carbocycles. The Morgan fingerprint density at radius 3 is 2.55 bits per heavy atom. The van der Waals surface area contributed by atoms with Crippen molar-refractivity contribution in [3.63, 3.8) is 0 Å². The number of nitrogens with one attached hydrogen (secondary N) is 1. The number of ether oxygens (including phenoxy) is 2. The molecule has 10 heteroatoms. The molecule has 3 aliphatic heterocycles. The number of nitrogens with zero attached hydrogens (tertiary/aromatic N) is 5. The van der Waals surface area contributed by atoms with E-state index in [2.05, 4.69) is 29.0 Å². The predicted octanol–water partition coefficient (Wildman–Crippen LogP) is 0.854. The fraction of sp³-hybridized carbons (Fsp3) is 0.643. The average Bonchev–Trinajstić information content (AvgIpc) is 3.26. The largest absolute Gasteiger partial charge is 0.497 e. The molecule has 1 aromatic heterocycles. The lowest BCUT2D eigenvalue weighted by atomic mass is 10.1. The predicted molar refractivity (Wildman–Crippen MR) is 147 cm³/mol. The standard InChI is InChI=1S/C28H42N6O4/c1-20-16-34(23(15-29-20)17-33-11-12-38-19-21(33)2)18-27(35)31-7-9-32(10-8-31)28(36)26-13-22-5-6-24(37-4)14-25(22)30(26)3/h5-6,13-14,20-21,23,29H,7-12,15-19H2,1-4H3/t20-,21?,23-/m1/s1. The molecule has 4 heterocycles. The zero-order valence-corrected chi connectivity index (χ0v) is 23.2. The minimum absolute atomic E-state index is 0.00499. The number of amides is 2. The smallest absolute Gasteiger partial charge is 0.270 e. The van der Waals surface area contributed by atoms with Gasteiger partial charge in [0.25, 0.3) is 5.91 Å². The number of hydrogen-bond acceptors (Lipinski definition) is 7. The number of piperazine rings is 2. The van der Waals surface area contributed by atoms with Gasteiger partial charge in [-0.1, -0.05) is 0 Å². The zero-order chi connectivity index (χ0) is 26.8. The van der Waals surface area contributed by atoms with E-state index in [-0.39, 0.29) is 11.8 Å². The van der Waals surface area contributed by atoms with Crippen LogP contribution in [0.25, 0.3) is 10.9 Å². The van der Waals surface area contributed by atoms with Crippen LogP contribution < -0.4 is 10.1 Å². The molecule has 38 heavy (non-hydrogen) atoms. The van der Waals surface area contributed by atoms with Crippen molar-refractivity contribution in [3.8, 4) is 5.75 Å². The van der Waals surface area contributed by atoms with Gasteiger partial charge < -0.3 is 29.2 Å². The van der Waals surface area contributed by atoms with Crippen LogP contribution in [0.15, 0.2) is 24.3 Å². The highest BCUT2D eigenvalue weighted by Gasteiger charge is 2.33. The van der Waals surface area contributed by atoms with Gasteiger partial charge in [-0.25, -0.2) is 0 Å². The van der Waals surface area contributed by atoms with E-state index in [9.17, 15) is 9.59 Å². The topological polar surface area (TPSA) is 82.5 Å². The van der Waals surface area contributed by atoms with Crippen molar-refractivity contribution in [1.29, 1.82) is 0 Å². The van der Waals surface area contributed by atoms with Gasteiger partial charge in [0.1, 0.15) is 11.4 Å². The first-order valence-corrected chi connectivity index (χ1v) is 13.8. The second-order valence-electron chi connectivity index (χ2n) is 11.0. The number of methoxy groups -OCH3 is 1. The van der Waals surface area contributed by atoms with E-state index in [4.69, 9.17) is 9.47 Å². The van der Waals surface area contributed by atoms with Gasteiger partial charge in [-0.15, -0.1) is 0 Å². The summed E-state index contributed by atoms with van der Waals surface area (Å²) in [7, 11) is 3.56. The summed E-state index contributed by atoms with van der Waals surface area (Å²) in [5.41, 5.74) is 1.62. The van der Waals surface area contributed by atoms with Crippen LogP contribution in [0.4, 0.5) is 0 Å². The highest BCUT2D eigenvalue weighted by atomic mass is 16.5. The molecule has 2 aromatic rings. The first kappa shape index (κ1) is 26.9. The second-order valence-corrected chi connectivity index (χ2v) is 11.0. The normalized spacial score (nSPS) is 25.6. The van der Waals surface area contributed by atoms with Gasteiger partial charge in [0.05, 0.1) is 32.4 Å². The molecule has 5 rings (SSSR count). The molecular formula is C28H42N6O4. The maximum Gasteiger partial charge on any atom is 0.270 e. The number of fused-ring (bicyclic) bond motifs is 1. The summed E-state index contributed by atoms with van der Waals surface area (Å²) in [6.07, 6.45) is 0. The number of aromatic nitrogens is 1. The van der Waals surface area contributed by atoms with E-state index in [1.165, 1.54) is 0 Å². The molecule has 0 bridgehead atoms. The van der Waals surface area contributed by atoms with Gasteiger partial charge in [0.2, 0.25) is 5.91 Å². The molecule has 3 atom stereocenters. The van der Waals surface area contributed by atoms with Crippen molar-refractivity contribution < 1.29 is 19.1 Å². The van der Waals surface area contributed by atoms with Gasteiger partial charge >= 0.3 is 0 Å². The lowest BCUT2D eigenvalue weighted by Gasteiger charge is -2.44. The summed E-state index contributed by atoms with van der Waals surface area (Å²) in [5.74, 6) is 0.929. The SMILES string of the molecule is COc1ccc2cc(C(=O)N3CCN(C(=O)CN4C[C@@H](C)NC[C@@H]4CN4CCOCC4C)CC3)n(C)c2c1. The molecule has 10 nitrogen and oxygen atoms in total. The minimum Gasteiger partial charge on any atom is -0.497 e. The van der Waals surface area contributed by atoms with Crippen LogP contribution in [0.3, 0.4) is 0 Å². The summed E-state index contributed by atoms with van der Waals surface area (Å²) >= 11 is 0. The first-order chi connectivity index (χ1) is 18.3. The molecule has 0 saturated carbocycles. The number of benzene rings is 1. The van der Waals surface area contributed by atoms with Crippen LogP contribution in [0, 0.1) is 0 Å². The van der Waals surface area contributed by atoms with E-state index in [0.717, 1.165) is 56.0 Å². The van der Waals surface area contributed by atoms with Crippen LogP contribution in [-0.2, 0) is 16.6 Å². The quantitative estimate of drug-likeness (QED) is 0.598. The van der Waals surface area contributed by atoms with Crippen molar-refractivity contribution in [2.75, 3.05) is 79.2 Å². The van der Waals surface area contributed by atoms with E-state index >= 15 is 0 Å². The number of hydrogen-bond donors (Lipinski definition) is 1. The molecule has 0 aliphatic carbocycles. The van der Waals surface area contributed by atoms with Crippen molar-refractivity contribution in [2.45, 2.75) is 32.0 Å². The highest BCUT2D eigenvalue weighted by molar-refractivity contribution is 5.99. The lowest BCUT2D eigenvalue weighted by molar-refractivity contribution is -0.135. The molecule has 0 spiro atoms. The number of morpholine rings is 1. The monoisotopic (exact) mass is 526 g/mol. The van der Waals surface area contributed by atoms with Gasteiger partial charge in [0, 0.05) is 89.0 Å². The zero-order valence-electron chi connectivity index (χ0n) is 23.2. The summed E-state index contributed by atoms with van der Waals surface area (Å²) in [4.78, 5) is 35.4. The Hall–Kier alpha value is -2.66. The third kappa shape index (κ3) is 5.68. The van der Waals surface area contributed by atoms with Crippen molar-refractivity contribution in [2.24, 2.45) is 7.05 Å². The highest BCUT2D eigenvalue weighted by Crippen LogP contribution is 2.25. The first-order valence-electron chi connectivity index (χ1n) is 13.8. The van der Waals surface area contributed by atoms with Gasteiger partial charge in [-0.3, -0.25) is 19.4 Å². The van der Waals surface area contributed by atoms with E-state index in [1.54, 1.807) is 7.11 Å². The van der Waals surface area contributed by atoms with Gasteiger partial charge in [-0.05, 0) is 32.0 Å². The summed E-state index contributed by atoms with van der Waals surface area (Å²) in [6.45, 7) is 12.2. The Labute approximate surface area is 225 Å². The molecule has 3 aliphatic rings. The number of carbonyl (C=O) groups excluding carboxylic acids is 2. The maximum absolute atomic E-state index is 13.4. The Morgan fingerprint density at radius 1 is 1.05 bits per heavy atom. The molecule has 1 unspecified atom stereocenters. The molecule has 0 radical (unpaired) electrons. The Bertz CT molecular complexity index is 1140. The number of carbonyl (C=O) groups is 2. The van der Waals surface area contributed by atoms with Crippen LogP contribution in [0.1, 0.15) is 24.3 Å². The van der Waals surface area contributed by atoms with Crippen LogP contribution in [0.2, 0.25) is 0 Å². The van der Waals surface area contributed by atoms with E-state index in [1.807, 2.05) is 45.7 Å². The third-order valence-electron chi connectivity index (χ3n) is 8.41. The van der Waals surface area contributed by atoms with Crippen molar-refractivity contribution in [1.82, 2.24) is 29.5 Å².